The summed E-state index contributed by atoms with van der Waals surface area (Å²) >= 11 is 2.24. The van der Waals surface area contributed by atoms with Gasteiger partial charge in [-0.2, -0.15) is 0 Å². The van der Waals surface area contributed by atoms with Gasteiger partial charge in [0, 0.05) is 20.9 Å². The van der Waals surface area contributed by atoms with Crippen molar-refractivity contribution in [2.45, 2.75) is 0 Å². The van der Waals surface area contributed by atoms with E-state index in [9.17, 15) is 9.18 Å². The van der Waals surface area contributed by atoms with Crippen LogP contribution in [0, 0.1) is 9.39 Å². The predicted molar refractivity (Wildman–Crippen MR) is 108 cm³/mol. The van der Waals surface area contributed by atoms with Gasteiger partial charge in [0.05, 0.1) is 5.69 Å². The lowest BCUT2D eigenvalue weighted by Gasteiger charge is -2.13. The van der Waals surface area contributed by atoms with Crippen molar-refractivity contribution in [2.75, 3.05) is 5.32 Å². The number of hydrogen-bond donors (Lipinski definition) is 1. The normalized spacial score (nSPS) is 11.2. The zero-order valence-electron chi connectivity index (χ0n) is 13.2. The Labute approximate surface area is 159 Å². The summed E-state index contributed by atoms with van der Waals surface area (Å²) in [5.74, 6) is -0.678. The lowest BCUT2D eigenvalue weighted by atomic mass is 10.1. The molecule has 124 valence electrons. The molecule has 0 aliphatic heterocycles. The topological polar surface area (TPSA) is 29.1 Å². The molecule has 0 aromatic heterocycles. The van der Waals surface area contributed by atoms with Gasteiger partial charge < -0.3 is 5.32 Å². The first kappa shape index (κ1) is 17.4. The first-order valence-electron chi connectivity index (χ1n) is 7.72. The summed E-state index contributed by atoms with van der Waals surface area (Å²) in [6.07, 6.45) is 1.51. The van der Waals surface area contributed by atoms with Crippen LogP contribution < -0.4 is 5.32 Å². The van der Waals surface area contributed by atoms with Gasteiger partial charge in [-0.25, -0.2) is 4.39 Å². The van der Waals surface area contributed by atoms with E-state index in [0.29, 0.717) is 11.3 Å². The minimum atomic E-state index is -0.425. The van der Waals surface area contributed by atoms with Crippen molar-refractivity contribution in [1.29, 1.82) is 0 Å². The van der Waals surface area contributed by atoms with Gasteiger partial charge in [0.25, 0.3) is 0 Å². The number of ketones is 1. The second-order valence-corrected chi connectivity index (χ2v) is 6.57. The van der Waals surface area contributed by atoms with Crippen molar-refractivity contribution in [1.82, 2.24) is 0 Å². The van der Waals surface area contributed by atoms with Gasteiger partial charge in [0.15, 0.2) is 5.78 Å². The van der Waals surface area contributed by atoms with Crippen LogP contribution in [0.15, 0.2) is 84.9 Å². The van der Waals surface area contributed by atoms with E-state index in [1.807, 2.05) is 54.6 Å². The zero-order valence-corrected chi connectivity index (χ0v) is 15.4. The van der Waals surface area contributed by atoms with Gasteiger partial charge in [-0.15, -0.1) is 0 Å². The predicted octanol–water partition coefficient (Wildman–Crippen LogP) is 5.77. The molecule has 1 N–H and O–H groups in total. The van der Waals surface area contributed by atoms with Crippen molar-refractivity contribution < 1.29 is 9.18 Å². The van der Waals surface area contributed by atoms with Crippen molar-refractivity contribution >= 4 is 39.8 Å². The molecule has 0 spiro atoms. The van der Waals surface area contributed by atoms with E-state index in [0.717, 1.165) is 14.8 Å². The Bertz CT molecular complexity index is 922. The minimum Gasteiger partial charge on any atom is -0.354 e. The van der Waals surface area contributed by atoms with E-state index in [1.165, 1.54) is 24.3 Å². The van der Waals surface area contributed by atoms with Crippen LogP contribution in [-0.2, 0) is 0 Å². The maximum Gasteiger partial charge on any atom is 0.188 e. The van der Waals surface area contributed by atoms with Gasteiger partial charge in [0.2, 0.25) is 0 Å². The molecule has 0 saturated carbocycles. The van der Waals surface area contributed by atoms with Crippen LogP contribution in [0.5, 0.6) is 0 Å². The molecule has 0 saturated heterocycles. The Morgan fingerprint density at radius 1 is 0.880 bits per heavy atom. The number of para-hydroxylation sites is 1. The summed E-state index contributed by atoms with van der Waals surface area (Å²) in [5.41, 5.74) is 2.77. The molecule has 0 radical (unpaired) electrons. The highest BCUT2D eigenvalue weighted by atomic mass is 127. The first-order chi connectivity index (χ1) is 12.1. The second kappa shape index (κ2) is 8.07. The van der Waals surface area contributed by atoms with Gasteiger partial charge in [-0.05, 0) is 52.4 Å². The van der Waals surface area contributed by atoms with Crippen molar-refractivity contribution in [3.05, 3.63) is 105 Å². The number of rotatable bonds is 5. The standard InChI is InChI=1S/C21H15FINO/c22-17-10-6-9-16(13-17)21(25)14-20(15-7-2-1-3-8-15)24-19-12-5-4-11-18(19)23/h1-14,24H/b20-14+. The fraction of sp³-hybridized carbons (Fsp3) is 0. The number of carbonyl (C=O) groups is 1. The fourth-order valence-corrected chi connectivity index (χ4v) is 2.90. The summed E-state index contributed by atoms with van der Waals surface area (Å²) in [6.45, 7) is 0. The van der Waals surface area contributed by atoms with Gasteiger partial charge in [0.1, 0.15) is 5.82 Å². The van der Waals surface area contributed by atoms with E-state index in [2.05, 4.69) is 27.9 Å². The molecule has 0 aliphatic rings. The Morgan fingerprint density at radius 2 is 1.56 bits per heavy atom. The summed E-state index contributed by atoms with van der Waals surface area (Å²) in [4.78, 5) is 12.6. The van der Waals surface area contributed by atoms with Crippen molar-refractivity contribution in [3.8, 4) is 0 Å². The molecule has 0 aliphatic carbocycles. The highest BCUT2D eigenvalue weighted by Gasteiger charge is 2.09. The van der Waals surface area contributed by atoms with Crippen LogP contribution in [0.2, 0.25) is 0 Å². The summed E-state index contributed by atoms with van der Waals surface area (Å²) < 4.78 is 14.4. The highest BCUT2D eigenvalue weighted by Crippen LogP contribution is 2.23. The number of anilines is 1. The SMILES string of the molecule is O=C(/C=C(/Nc1ccccc1I)c1ccccc1)c1cccc(F)c1. The Hall–Kier alpha value is -2.47. The summed E-state index contributed by atoms with van der Waals surface area (Å²) in [5, 5.41) is 3.32. The van der Waals surface area contributed by atoms with Crippen LogP contribution >= 0.6 is 22.6 Å². The quantitative estimate of drug-likeness (QED) is 0.309. The summed E-state index contributed by atoms with van der Waals surface area (Å²) in [7, 11) is 0. The average Bonchev–Trinajstić information content (AvgIpc) is 2.63. The molecule has 0 atom stereocenters. The monoisotopic (exact) mass is 443 g/mol. The van der Waals surface area contributed by atoms with E-state index in [4.69, 9.17) is 0 Å². The maximum absolute atomic E-state index is 13.4. The molecule has 3 aromatic carbocycles. The Balaban J connectivity index is 1.99. The van der Waals surface area contributed by atoms with Gasteiger partial charge >= 0.3 is 0 Å². The minimum absolute atomic E-state index is 0.253. The average molecular weight is 443 g/mol. The largest absolute Gasteiger partial charge is 0.354 e. The maximum atomic E-state index is 13.4. The third kappa shape index (κ3) is 4.54. The summed E-state index contributed by atoms with van der Waals surface area (Å²) in [6, 6.07) is 23.1. The molecule has 0 heterocycles. The third-order valence-electron chi connectivity index (χ3n) is 3.61. The number of allylic oxidation sites excluding steroid dienone is 1. The van der Waals surface area contributed by atoms with Crippen molar-refractivity contribution in [3.63, 3.8) is 0 Å². The molecule has 0 bridgehead atoms. The molecular formula is C21H15FINO. The fourth-order valence-electron chi connectivity index (χ4n) is 2.37. The molecule has 25 heavy (non-hydrogen) atoms. The molecule has 0 unspecified atom stereocenters. The molecule has 4 heteroatoms. The molecule has 2 nitrogen and oxygen atoms in total. The number of hydrogen-bond acceptors (Lipinski definition) is 2. The lowest BCUT2D eigenvalue weighted by Crippen LogP contribution is -2.04. The first-order valence-corrected chi connectivity index (χ1v) is 8.80. The van der Waals surface area contributed by atoms with E-state index < -0.39 is 5.82 Å². The Morgan fingerprint density at radius 3 is 2.28 bits per heavy atom. The van der Waals surface area contributed by atoms with Crippen LogP contribution in [0.25, 0.3) is 5.70 Å². The van der Waals surface area contributed by atoms with Crippen molar-refractivity contribution in [2.24, 2.45) is 0 Å². The molecule has 0 amide bonds. The van der Waals surface area contributed by atoms with E-state index >= 15 is 0 Å². The number of benzene rings is 3. The van der Waals surface area contributed by atoms with Crippen LogP contribution in [0.3, 0.4) is 0 Å². The van der Waals surface area contributed by atoms with Gasteiger partial charge in [-0.1, -0.05) is 54.6 Å². The van der Waals surface area contributed by atoms with E-state index in [1.54, 1.807) is 6.07 Å². The van der Waals surface area contributed by atoms with Crippen LogP contribution in [0.1, 0.15) is 15.9 Å². The van der Waals surface area contributed by atoms with Crippen LogP contribution in [-0.4, -0.2) is 5.78 Å². The number of nitrogens with one attached hydrogen (secondary N) is 1. The molecule has 0 fully saturated rings. The molecule has 3 rings (SSSR count). The lowest BCUT2D eigenvalue weighted by molar-refractivity contribution is 0.104. The Kier molecular flexibility index (Phi) is 5.60. The molecule has 3 aromatic rings. The zero-order chi connectivity index (χ0) is 17.6. The molecular weight excluding hydrogens is 428 g/mol. The highest BCUT2D eigenvalue weighted by molar-refractivity contribution is 14.1. The van der Waals surface area contributed by atoms with Crippen LogP contribution in [0.4, 0.5) is 10.1 Å². The van der Waals surface area contributed by atoms with Gasteiger partial charge in [-0.3, -0.25) is 4.79 Å². The number of halogens is 2. The smallest absolute Gasteiger partial charge is 0.188 e. The second-order valence-electron chi connectivity index (χ2n) is 5.40. The number of carbonyl (C=O) groups excluding carboxylic acids is 1. The van der Waals surface area contributed by atoms with E-state index in [-0.39, 0.29) is 5.78 Å². The third-order valence-corrected chi connectivity index (χ3v) is 4.55.